The Kier molecular flexibility index (Phi) is 5.87. The van der Waals surface area contributed by atoms with Crippen molar-refractivity contribution in [1.82, 2.24) is 19.9 Å². The van der Waals surface area contributed by atoms with Crippen LogP contribution in [0.5, 0.6) is 11.8 Å². The fourth-order valence-corrected chi connectivity index (χ4v) is 10.5. The van der Waals surface area contributed by atoms with E-state index in [1.54, 1.807) is 0 Å². The molecule has 8 rings (SSSR count). The molecule has 0 fully saturated rings. The summed E-state index contributed by atoms with van der Waals surface area (Å²) in [5, 5.41) is 5.00. The van der Waals surface area contributed by atoms with Crippen molar-refractivity contribution in [3.05, 3.63) is 108 Å². The Bertz CT molecular complexity index is 2120. The first kappa shape index (κ1) is 24.7. The van der Waals surface area contributed by atoms with E-state index in [2.05, 4.69) is 74.5 Å². The summed E-state index contributed by atoms with van der Waals surface area (Å²) in [7, 11) is 0. The van der Waals surface area contributed by atoms with Crippen molar-refractivity contribution in [2.24, 2.45) is 0 Å². The SMILES string of the molecule is Cc1ccc2c(n1)[se]c1c(-c3cccc(Oc4cccc(-c5cccc6c5[se]c5nc(C)ccc56)n4)n3)cccc12. The second kappa shape index (κ2) is 9.76. The van der Waals surface area contributed by atoms with Crippen LogP contribution in [0.4, 0.5) is 0 Å². The summed E-state index contributed by atoms with van der Waals surface area (Å²) in [6.45, 7) is 4.10. The molecule has 0 unspecified atom stereocenters. The van der Waals surface area contributed by atoms with Crippen LogP contribution in [0.25, 0.3) is 61.4 Å². The predicted octanol–water partition coefficient (Wildman–Crippen LogP) is 7.74. The second-order valence-electron chi connectivity index (χ2n) is 10.0. The molecule has 6 aromatic heterocycles. The van der Waals surface area contributed by atoms with E-state index in [1.165, 1.54) is 38.8 Å². The molecular weight excluding hydrogens is 638 g/mol. The number of pyridine rings is 4. The van der Waals surface area contributed by atoms with Crippen molar-refractivity contribution in [3.8, 4) is 34.3 Å². The van der Waals surface area contributed by atoms with Crippen LogP contribution in [0, 0.1) is 13.8 Å². The number of ether oxygens (including phenoxy) is 1. The summed E-state index contributed by atoms with van der Waals surface area (Å²) >= 11 is 0.264. The quantitative estimate of drug-likeness (QED) is 0.181. The fourth-order valence-electron chi connectivity index (χ4n) is 5.30. The zero-order chi connectivity index (χ0) is 27.5. The molecule has 8 aromatic rings. The van der Waals surface area contributed by atoms with E-state index in [1.807, 2.05) is 36.4 Å². The molecule has 196 valence electrons. The normalized spacial score (nSPS) is 11.7. The molecule has 41 heavy (non-hydrogen) atoms. The molecule has 5 nitrogen and oxygen atoms in total. The van der Waals surface area contributed by atoms with Gasteiger partial charge < -0.3 is 0 Å². The van der Waals surface area contributed by atoms with Crippen molar-refractivity contribution >= 4 is 67.9 Å². The van der Waals surface area contributed by atoms with Gasteiger partial charge in [-0.1, -0.05) is 0 Å². The second-order valence-corrected chi connectivity index (χ2v) is 14.2. The molecule has 0 amide bonds. The monoisotopic (exact) mass is 662 g/mol. The first-order valence-corrected chi connectivity index (χ1v) is 16.7. The van der Waals surface area contributed by atoms with Crippen LogP contribution in [-0.4, -0.2) is 48.9 Å². The maximum absolute atomic E-state index is 6.26. The van der Waals surface area contributed by atoms with E-state index in [9.17, 15) is 0 Å². The minimum absolute atomic E-state index is 0.132. The maximum atomic E-state index is 6.26. The number of aromatic nitrogens is 4. The zero-order valence-corrected chi connectivity index (χ0v) is 25.7. The van der Waals surface area contributed by atoms with E-state index in [4.69, 9.17) is 24.7 Å². The van der Waals surface area contributed by atoms with Crippen molar-refractivity contribution in [3.63, 3.8) is 0 Å². The molecule has 0 aliphatic heterocycles. The van der Waals surface area contributed by atoms with Crippen LogP contribution in [-0.2, 0) is 0 Å². The van der Waals surface area contributed by atoms with Gasteiger partial charge in [0.1, 0.15) is 0 Å². The van der Waals surface area contributed by atoms with Crippen molar-refractivity contribution in [2.75, 3.05) is 0 Å². The third kappa shape index (κ3) is 4.30. The molecular formula is C34H22N4OSe2. The number of aryl methyl sites for hydroxylation is 2. The number of hydrogen-bond donors (Lipinski definition) is 0. The van der Waals surface area contributed by atoms with Gasteiger partial charge in [0, 0.05) is 0 Å². The Morgan fingerprint density at radius 2 is 0.927 bits per heavy atom. The topological polar surface area (TPSA) is 60.8 Å². The molecule has 0 aliphatic carbocycles. The van der Waals surface area contributed by atoms with E-state index >= 15 is 0 Å². The third-order valence-electron chi connectivity index (χ3n) is 7.22. The summed E-state index contributed by atoms with van der Waals surface area (Å²) in [5.74, 6) is 1.05. The van der Waals surface area contributed by atoms with Crippen molar-refractivity contribution in [1.29, 1.82) is 0 Å². The van der Waals surface area contributed by atoms with Gasteiger partial charge >= 0.3 is 249 Å². The van der Waals surface area contributed by atoms with Crippen LogP contribution >= 0.6 is 0 Å². The first-order valence-electron chi connectivity index (χ1n) is 13.3. The van der Waals surface area contributed by atoms with Gasteiger partial charge in [0.05, 0.1) is 0 Å². The summed E-state index contributed by atoms with van der Waals surface area (Å²) in [6.07, 6.45) is 0. The third-order valence-corrected chi connectivity index (χ3v) is 12.0. The van der Waals surface area contributed by atoms with Gasteiger partial charge in [0.2, 0.25) is 0 Å². The van der Waals surface area contributed by atoms with E-state index in [0.717, 1.165) is 33.9 Å². The Morgan fingerprint density at radius 3 is 1.41 bits per heavy atom. The molecule has 0 spiro atoms. The Balaban J connectivity index is 1.16. The van der Waals surface area contributed by atoms with Crippen LogP contribution in [0.3, 0.4) is 0 Å². The molecule has 0 N–H and O–H groups in total. The van der Waals surface area contributed by atoms with E-state index < -0.39 is 0 Å². The van der Waals surface area contributed by atoms with Crippen molar-refractivity contribution in [2.45, 2.75) is 13.8 Å². The molecule has 0 radical (unpaired) electrons. The van der Waals surface area contributed by atoms with Crippen LogP contribution in [0.1, 0.15) is 11.4 Å². The predicted molar refractivity (Wildman–Crippen MR) is 168 cm³/mol. The van der Waals surface area contributed by atoms with Gasteiger partial charge in [-0.15, -0.1) is 0 Å². The molecule has 0 bridgehead atoms. The molecule has 0 saturated carbocycles. The van der Waals surface area contributed by atoms with Crippen LogP contribution in [0.2, 0.25) is 0 Å². The average Bonchev–Trinajstić information content (AvgIpc) is 3.54. The first-order chi connectivity index (χ1) is 20.1. The van der Waals surface area contributed by atoms with Gasteiger partial charge in [-0.25, -0.2) is 0 Å². The number of benzene rings is 2. The Morgan fingerprint density at radius 1 is 0.463 bits per heavy atom. The summed E-state index contributed by atoms with van der Waals surface area (Å²) in [5.41, 5.74) is 6.17. The molecule has 0 aliphatic rings. The molecule has 7 heteroatoms. The molecule has 0 saturated heterocycles. The molecule has 0 atom stereocenters. The number of hydrogen-bond acceptors (Lipinski definition) is 5. The van der Waals surface area contributed by atoms with Crippen LogP contribution < -0.4 is 4.74 Å². The van der Waals surface area contributed by atoms with Gasteiger partial charge in [-0.2, -0.15) is 0 Å². The van der Waals surface area contributed by atoms with Gasteiger partial charge in [0.15, 0.2) is 0 Å². The number of nitrogens with zero attached hydrogens (tertiary/aromatic N) is 4. The van der Waals surface area contributed by atoms with Gasteiger partial charge in [-0.05, 0) is 0 Å². The van der Waals surface area contributed by atoms with Gasteiger partial charge in [0.25, 0.3) is 0 Å². The number of fused-ring (bicyclic) bond motifs is 6. The van der Waals surface area contributed by atoms with E-state index in [-0.39, 0.29) is 29.0 Å². The van der Waals surface area contributed by atoms with Crippen molar-refractivity contribution < 1.29 is 4.74 Å². The standard InChI is InChI=1S/C34H22N4OSe2/c1-19-15-17-23-21-7-3-9-25(31(21)40-33(23)35-19)27-11-5-13-29(37-27)39-30-14-6-12-28(38-30)26-10-4-8-22-24-18-16-20(2)36-34(24)41-32(22)26/h3-18H,1-2H3. The van der Waals surface area contributed by atoms with Gasteiger partial charge in [-0.3, -0.25) is 0 Å². The number of rotatable bonds is 4. The zero-order valence-electron chi connectivity index (χ0n) is 22.3. The summed E-state index contributed by atoms with van der Waals surface area (Å²) in [6, 6.07) is 33.3. The Hall–Kier alpha value is -4.12. The van der Waals surface area contributed by atoms with E-state index in [0.29, 0.717) is 11.8 Å². The summed E-state index contributed by atoms with van der Waals surface area (Å²) < 4.78 is 11.3. The molecule has 6 heterocycles. The van der Waals surface area contributed by atoms with Crippen LogP contribution in [0.15, 0.2) is 97.1 Å². The Labute approximate surface area is 248 Å². The minimum atomic E-state index is 0.132. The summed E-state index contributed by atoms with van der Waals surface area (Å²) in [4.78, 5) is 19.5. The fraction of sp³-hybridized carbons (Fsp3) is 0.0588. The average molecular weight is 660 g/mol. The molecule has 2 aromatic carbocycles.